The number of hydrogen-bond donors (Lipinski definition) is 1. The van der Waals surface area contributed by atoms with E-state index in [2.05, 4.69) is 22.2 Å². The van der Waals surface area contributed by atoms with Crippen LogP contribution in [0.25, 0.3) is 0 Å². The van der Waals surface area contributed by atoms with Crippen LogP contribution in [0.4, 0.5) is 24.8 Å². The van der Waals surface area contributed by atoms with Crippen LogP contribution in [0.5, 0.6) is 5.88 Å². The number of ether oxygens (including phenoxy) is 1. The fourth-order valence-corrected chi connectivity index (χ4v) is 3.10. The summed E-state index contributed by atoms with van der Waals surface area (Å²) in [4.78, 5) is 7.80. The number of rotatable bonds is 10. The van der Waals surface area contributed by atoms with Crippen LogP contribution in [0.1, 0.15) is 49.3 Å². The molecule has 3 aromatic rings. The molecule has 31 heavy (non-hydrogen) atoms. The number of benzene rings is 2. The summed E-state index contributed by atoms with van der Waals surface area (Å²) in [5.74, 6) is -0.451. The number of nitrogens with one attached hydrogen (secondary N) is 1. The molecule has 0 amide bonds. The van der Waals surface area contributed by atoms with E-state index >= 15 is 0 Å². The average Bonchev–Trinajstić information content (AvgIpc) is 2.76. The molecule has 0 saturated heterocycles. The van der Waals surface area contributed by atoms with Gasteiger partial charge in [0.2, 0.25) is 11.8 Å². The van der Waals surface area contributed by atoms with Crippen molar-refractivity contribution in [1.29, 1.82) is 0 Å². The van der Waals surface area contributed by atoms with Crippen molar-refractivity contribution >= 4 is 11.6 Å². The largest absolute Gasteiger partial charge is 0.472 e. The maximum atomic E-state index is 13.3. The van der Waals surface area contributed by atoms with Crippen LogP contribution in [0, 0.1) is 0 Å². The molecule has 1 aromatic heterocycles. The highest BCUT2D eigenvalue weighted by atomic mass is 19.4. The Bertz CT molecular complexity index is 945. The summed E-state index contributed by atoms with van der Waals surface area (Å²) >= 11 is 0. The van der Waals surface area contributed by atoms with Gasteiger partial charge in [-0.2, -0.15) is 18.2 Å². The lowest BCUT2D eigenvalue weighted by molar-refractivity contribution is -0.139. The zero-order valence-corrected chi connectivity index (χ0v) is 17.5. The number of halogens is 3. The molecule has 4 nitrogen and oxygen atoms in total. The third-order valence-corrected chi connectivity index (χ3v) is 4.81. The van der Waals surface area contributed by atoms with E-state index in [-0.39, 0.29) is 12.6 Å². The zero-order valence-electron chi connectivity index (χ0n) is 17.5. The molecular weight excluding hydrogens is 403 g/mol. The van der Waals surface area contributed by atoms with E-state index in [1.165, 1.54) is 24.8 Å². The van der Waals surface area contributed by atoms with Gasteiger partial charge in [-0.15, -0.1) is 0 Å². The number of aryl methyl sites for hydroxylation is 1. The van der Waals surface area contributed by atoms with E-state index in [0.29, 0.717) is 5.69 Å². The molecule has 164 valence electrons. The maximum absolute atomic E-state index is 13.3. The van der Waals surface area contributed by atoms with Gasteiger partial charge in [-0.3, -0.25) is 0 Å². The summed E-state index contributed by atoms with van der Waals surface area (Å²) < 4.78 is 45.4. The van der Waals surface area contributed by atoms with Gasteiger partial charge < -0.3 is 10.1 Å². The first-order valence-corrected chi connectivity index (χ1v) is 10.4. The van der Waals surface area contributed by atoms with Crippen LogP contribution in [0.2, 0.25) is 0 Å². The molecule has 0 atom stereocenters. The Morgan fingerprint density at radius 2 is 1.65 bits per heavy atom. The molecule has 0 spiro atoms. The molecule has 0 aliphatic rings. The lowest BCUT2D eigenvalue weighted by Crippen LogP contribution is -2.12. The monoisotopic (exact) mass is 429 g/mol. The van der Waals surface area contributed by atoms with E-state index in [1.54, 1.807) is 24.3 Å². The summed E-state index contributed by atoms with van der Waals surface area (Å²) in [6, 6.07) is 16.7. The van der Waals surface area contributed by atoms with Gasteiger partial charge in [0.25, 0.3) is 0 Å². The van der Waals surface area contributed by atoms with Crippen molar-refractivity contribution in [3.8, 4) is 5.88 Å². The topological polar surface area (TPSA) is 47.0 Å². The summed E-state index contributed by atoms with van der Waals surface area (Å²) in [6.07, 6.45) is 1.94. The molecule has 0 bridgehead atoms. The number of anilines is 2. The highest BCUT2D eigenvalue weighted by Crippen LogP contribution is 2.35. The van der Waals surface area contributed by atoms with Crippen LogP contribution in [0.15, 0.2) is 60.8 Å². The first kappa shape index (κ1) is 22.6. The molecule has 0 saturated carbocycles. The standard InChI is InChI=1S/C24H26F3N3O/c1-2-3-4-6-9-18-12-14-20(15-13-18)29-23-28-16-21(24(25,26)27)22(30-23)31-17-19-10-7-5-8-11-19/h5,7-8,10-16H,2-4,6,9,17H2,1H3,(H,28,29,30). The third kappa shape index (κ3) is 6.98. The van der Waals surface area contributed by atoms with Crippen molar-refractivity contribution in [3.63, 3.8) is 0 Å². The maximum Gasteiger partial charge on any atom is 0.423 e. The number of aromatic nitrogens is 2. The van der Waals surface area contributed by atoms with Crippen LogP contribution in [-0.2, 0) is 19.2 Å². The van der Waals surface area contributed by atoms with Gasteiger partial charge in [-0.05, 0) is 36.1 Å². The van der Waals surface area contributed by atoms with E-state index in [4.69, 9.17) is 4.74 Å². The van der Waals surface area contributed by atoms with Crippen molar-refractivity contribution in [2.45, 2.75) is 51.8 Å². The minimum atomic E-state index is -4.61. The van der Waals surface area contributed by atoms with Gasteiger partial charge in [0.1, 0.15) is 12.2 Å². The normalized spacial score (nSPS) is 11.4. The van der Waals surface area contributed by atoms with Gasteiger partial charge in [-0.1, -0.05) is 68.7 Å². The number of hydrogen-bond acceptors (Lipinski definition) is 4. The Labute approximate surface area is 180 Å². The smallest absolute Gasteiger partial charge is 0.423 e. The fraction of sp³-hybridized carbons (Fsp3) is 0.333. The van der Waals surface area contributed by atoms with Crippen molar-refractivity contribution in [1.82, 2.24) is 9.97 Å². The molecular formula is C24H26F3N3O. The number of unbranched alkanes of at least 4 members (excludes halogenated alkanes) is 3. The first-order chi connectivity index (χ1) is 15.0. The summed E-state index contributed by atoms with van der Waals surface area (Å²) in [7, 11) is 0. The SMILES string of the molecule is CCCCCCc1ccc(Nc2ncc(C(F)(F)F)c(OCc3ccccc3)n2)cc1. The Balaban J connectivity index is 1.69. The third-order valence-electron chi connectivity index (χ3n) is 4.81. The Morgan fingerprint density at radius 1 is 0.903 bits per heavy atom. The molecule has 0 fully saturated rings. The minimum Gasteiger partial charge on any atom is -0.472 e. The second-order valence-corrected chi connectivity index (χ2v) is 7.32. The average molecular weight is 429 g/mol. The van der Waals surface area contributed by atoms with Gasteiger partial charge in [0.15, 0.2) is 0 Å². The van der Waals surface area contributed by atoms with Crippen LogP contribution in [0.3, 0.4) is 0 Å². The highest BCUT2D eigenvalue weighted by Gasteiger charge is 2.36. The van der Waals surface area contributed by atoms with Crippen LogP contribution >= 0.6 is 0 Å². The van der Waals surface area contributed by atoms with E-state index in [9.17, 15) is 13.2 Å². The van der Waals surface area contributed by atoms with Crippen molar-refractivity contribution < 1.29 is 17.9 Å². The molecule has 0 aliphatic heterocycles. The first-order valence-electron chi connectivity index (χ1n) is 10.4. The summed E-state index contributed by atoms with van der Waals surface area (Å²) in [6.45, 7) is 2.16. The predicted molar refractivity (Wildman–Crippen MR) is 115 cm³/mol. The van der Waals surface area contributed by atoms with Crippen molar-refractivity contribution in [2.24, 2.45) is 0 Å². The summed E-state index contributed by atoms with van der Waals surface area (Å²) in [5, 5.41) is 2.96. The van der Waals surface area contributed by atoms with E-state index in [1.807, 2.05) is 30.3 Å². The lowest BCUT2D eigenvalue weighted by Gasteiger charge is -2.14. The molecule has 0 radical (unpaired) electrons. The van der Waals surface area contributed by atoms with Crippen molar-refractivity contribution in [3.05, 3.63) is 77.5 Å². The Kier molecular flexibility index (Phi) is 7.87. The highest BCUT2D eigenvalue weighted by molar-refractivity contribution is 5.54. The predicted octanol–water partition coefficient (Wildman–Crippen LogP) is 6.94. The molecule has 7 heteroatoms. The Morgan fingerprint density at radius 3 is 2.32 bits per heavy atom. The van der Waals surface area contributed by atoms with Crippen molar-refractivity contribution in [2.75, 3.05) is 5.32 Å². The molecule has 0 aliphatic carbocycles. The second kappa shape index (κ2) is 10.8. The van der Waals surface area contributed by atoms with Gasteiger partial charge in [-0.25, -0.2) is 4.98 Å². The second-order valence-electron chi connectivity index (χ2n) is 7.32. The van der Waals surface area contributed by atoms with Crippen LogP contribution < -0.4 is 10.1 Å². The van der Waals surface area contributed by atoms with E-state index < -0.39 is 17.6 Å². The van der Waals surface area contributed by atoms with Gasteiger partial charge in [0.05, 0.1) is 0 Å². The molecule has 1 N–H and O–H groups in total. The summed E-state index contributed by atoms with van der Waals surface area (Å²) in [5.41, 5.74) is 1.67. The fourth-order valence-electron chi connectivity index (χ4n) is 3.10. The molecule has 2 aromatic carbocycles. The van der Waals surface area contributed by atoms with Gasteiger partial charge in [0, 0.05) is 11.9 Å². The number of nitrogens with zero attached hydrogens (tertiary/aromatic N) is 2. The Hall–Kier alpha value is -3.09. The molecule has 1 heterocycles. The zero-order chi connectivity index (χ0) is 22.1. The lowest BCUT2D eigenvalue weighted by atomic mass is 10.1. The molecule has 0 unspecified atom stereocenters. The molecule has 3 rings (SSSR count). The van der Waals surface area contributed by atoms with Crippen LogP contribution in [-0.4, -0.2) is 9.97 Å². The minimum absolute atomic E-state index is 0.0207. The van der Waals surface area contributed by atoms with Gasteiger partial charge >= 0.3 is 6.18 Å². The van der Waals surface area contributed by atoms with E-state index in [0.717, 1.165) is 24.6 Å². The number of alkyl halides is 3. The quantitative estimate of drug-likeness (QED) is 0.355.